The summed E-state index contributed by atoms with van der Waals surface area (Å²) < 4.78 is 13.2. The molecular formula is C24H24FN3O2. The van der Waals surface area contributed by atoms with Gasteiger partial charge in [0.2, 0.25) is 0 Å². The van der Waals surface area contributed by atoms with Gasteiger partial charge in [0.15, 0.2) is 5.78 Å². The summed E-state index contributed by atoms with van der Waals surface area (Å²) in [6.07, 6.45) is 2.81. The maximum Gasteiger partial charge on any atom is 0.254 e. The van der Waals surface area contributed by atoms with Crippen molar-refractivity contribution < 1.29 is 14.0 Å². The molecule has 2 heterocycles. The second kappa shape index (κ2) is 7.52. The number of anilines is 1. The van der Waals surface area contributed by atoms with Gasteiger partial charge in [-0.2, -0.15) is 0 Å². The van der Waals surface area contributed by atoms with Crippen LogP contribution in [0.5, 0.6) is 0 Å². The van der Waals surface area contributed by atoms with Gasteiger partial charge in [0, 0.05) is 40.8 Å². The first kappa shape index (κ1) is 20.0. The third kappa shape index (κ3) is 3.77. The van der Waals surface area contributed by atoms with Gasteiger partial charge in [-0.3, -0.25) is 14.6 Å². The van der Waals surface area contributed by atoms with E-state index >= 15 is 0 Å². The minimum absolute atomic E-state index is 0.0315. The van der Waals surface area contributed by atoms with Crippen molar-refractivity contribution in [1.29, 1.82) is 0 Å². The van der Waals surface area contributed by atoms with E-state index in [0.717, 1.165) is 12.1 Å². The van der Waals surface area contributed by atoms with Crippen LogP contribution >= 0.6 is 0 Å². The molecule has 1 aromatic heterocycles. The van der Waals surface area contributed by atoms with Crippen LogP contribution < -0.4 is 10.6 Å². The van der Waals surface area contributed by atoms with Crippen molar-refractivity contribution in [2.75, 3.05) is 5.32 Å². The van der Waals surface area contributed by atoms with Gasteiger partial charge < -0.3 is 10.6 Å². The highest BCUT2D eigenvalue weighted by Gasteiger charge is 2.43. The molecular weight excluding hydrogens is 381 g/mol. The molecule has 2 aromatic rings. The molecule has 5 nitrogen and oxygen atoms in total. The summed E-state index contributed by atoms with van der Waals surface area (Å²) in [5, 5.41) is 6.15. The normalized spacial score (nSPS) is 20.5. The average Bonchev–Trinajstić information content (AvgIpc) is 2.68. The summed E-state index contributed by atoms with van der Waals surface area (Å²) in [5.74, 6) is -1.23. The Labute approximate surface area is 175 Å². The van der Waals surface area contributed by atoms with Gasteiger partial charge in [0.1, 0.15) is 5.82 Å². The minimum Gasteiger partial charge on any atom is -0.362 e. The Balaban J connectivity index is 1.78. The molecule has 1 aromatic carbocycles. The van der Waals surface area contributed by atoms with E-state index in [-0.39, 0.29) is 22.9 Å². The predicted octanol–water partition coefficient (Wildman–Crippen LogP) is 4.46. The van der Waals surface area contributed by atoms with Gasteiger partial charge in [-0.15, -0.1) is 0 Å². The second-order valence-corrected chi connectivity index (χ2v) is 8.65. The number of carbonyl (C=O) groups is 2. The summed E-state index contributed by atoms with van der Waals surface area (Å²) in [6.45, 7) is 5.98. The van der Waals surface area contributed by atoms with E-state index in [1.807, 2.05) is 19.1 Å². The third-order valence-electron chi connectivity index (χ3n) is 5.57. The van der Waals surface area contributed by atoms with E-state index < -0.39 is 5.92 Å². The first-order valence-electron chi connectivity index (χ1n) is 9.97. The van der Waals surface area contributed by atoms with Crippen LogP contribution in [0.2, 0.25) is 0 Å². The fraction of sp³-hybridized carbons (Fsp3) is 0.292. The number of ketones is 1. The van der Waals surface area contributed by atoms with Gasteiger partial charge in [0.25, 0.3) is 5.91 Å². The Hall–Kier alpha value is -3.28. The Bertz CT molecular complexity index is 1070. The van der Waals surface area contributed by atoms with Crippen molar-refractivity contribution in [2.24, 2.45) is 5.41 Å². The van der Waals surface area contributed by atoms with Crippen LogP contribution in [-0.4, -0.2) is 16.7 Å². The maximum absolute atomic E-state index is 13.3. The van der Waals surface area contributed by atoms with Gasteiger partial charge >= 0.3 is 0 Å². The van der Waals surface area contributed by atoms with Crippen LogP contribution in [0.3, 0.4) is 0 Å². The number of rotatable bonds is 3. The van der Waals surface area contributed by atoms with E-state index in [4.69, 9.17) is 0 Å². The van der Waals surface area contributed by atoms with E-state index in [2.05, 4.69) is 29.5 Å². The van der Waals surface area contributed by atoms with E-state index in [1.54, 1.807) is 12.3 Å². The van der Waals surface area contributed by atoms with Crippen LogP contribution in [0, 0.1) is 11.2 Å². The standard InChI is InChI=1S/C24H24FN3O2/c1-14-20(23(30)28-16-9-7-15(25)8-10-16)22(17-6-4-5-11-26-17)21-18(27-14)12-24(2,3)13-19(21)29/h4-11,22,27H,12-13H2,1-3H3,(H,28,30)/t22-/m1/s1. The smallest absolute Gasteiger partial charge is 0.254 e. The minimum atomic E-state index is -0.550. The van der Waals surface area contributed by atoms with E-state index in [1.165, 1.54) is 24.3 Å². The monoisotopic (exact) mass is 405 g/mol. The number of Topliss-reactive ketones (excluding diaryl/α,β-unsaturated/α-hetero) is 1. The van der Waals surface area contributed by atoms with Crippen molar-refractivity contribution in [1.82, 2.24) is 10.3 Å². The van der Waals surface area contributed by atoms with Crippen LogP contribution in [0.25, 0.3) is 0 Å². The number of aromatic nitrogens is 1. The number of halogens is 1. The molecule has 30 heavy (non-hydrogen) atoms. The molecule has 1 aliphatic heterocycles. The van der Waals surface area contributed by atoms with Gasteiger partial charge in [-0.25, -0.2) is 4.39 Å². The molecule has 154 valence electrons. The van der Waals surface area contributed by atoms with Crippen molar-refractivity contribution >= 4 is 17.4 Å². The topological polar surface area (TPSA) is 71.1 Å². The van der Waals surface area contributed by atoms with Crippen LogP contribution in [0.15, 0.2) is 71.2 Å². The first-order valence-corrected chi connectivity index (χ1v) is 9.97. The number of benzene rings is 1. The highest BCUT2D eigenvalue weighted by Crippen LogP contribution is 2.46. The SMILES string of the molecule is CC1=C(C(=O)Nc2ccc(F)cc2)[C@@H](c2ccccn2)C2=C(CC(C)(C)CC2=O)N1. The van der Waals surface area contributed by atoms with Crippen LogP contribution in [0.4, 0.5) is 10.1 Å². The number of dihydropyridines is 1. The molecule has 0 bridgehead atoms. The zero-order chi connectivity index (χ0) is 21.5. The quantitative estimate of drug-likeness (QED) is 0.791. The van der Waals surface area contributed by atoms with Crippen molar-refractivity contribution in [3.63, 3.8) is 0 Å². The molecule has 2 N–H and O–H groups in total. The molecule has 0 radical (unpaired) electrons. The molecule has 1 aliphatic carbocycles. The fourth-order valence-corrected chi connectivity index (χ4v) is 4.31. The number of nitrogens with one attached hydrogen (secondary N) is 2. The molecule has 0 fully saturated rings. The number of carbonyl (C=O) groups excluding carboxylic acids is 2. The number of pyridine rings is 1. The lowest BCUT2D eigenvalue weighted by Crippen LogP contribution is -2.39. The molecule has 0 unspecified atom stereocenters. The lowest BCUT2D eigenvalue weighted by Gasteiger charge is -2.39. The van der Waals surface area contributed by atoms with Crippen molar-refractivity contribution in [3.8, 4) is 0 Å². The number of nitrogens with zero attached hydrogens (tertiary/aromatic N) is 1. The predicted molar refractivity (Wildman–Crippen MR) is 113 cm³/mol. The average molecular weight is 405 g/mol. The van der Waals surface area contributed by atoms with E-state index in [0.29, 0.717) is 34.6 Å². The molecule has 1 amide bonds. The Kier molecular flexibility index (Phi) is 5.02. The van der Waals surface area contributed by atoms with E-state index in [9.17, 15) is 14.0 Å². The summed E-state index contributed by atoms with van der Waals surface area (Å²) in [6, 6.07) is 11.1. The lowest BCUT2D eigenvalue weighted by atomic mass is 9.69. The summed E-state index contributed by atoms with van der Waals surface area (Å²) in [7, 11) is 0. The van der Waals surface area contributed by atoms with Crippen LogP contribution in [0.1, 0.15) is 45.2 Å². The Morgan fingerprint density at radius 2 is 1.90 bits per heavy atom. The lowest BCUT2D eigenvalue weighted by molar-refractivity contribution is -0.118. The fourth-order valence-electron chi connectivity index (χ4n) is 4.31. The largest absolute Gasteiger partial charge is 0.362 e. The molecule has 0 spiro atoms. The molecule has 2 aliphatic rings. The maximum atomic E-state index is 13.3. The molecule has 0 saturated carbocycles. The first-order chi connectivity index (χ1) is 14.2. The number of allylic oxidation sites excluding steroid dienone is 3. The molecule has 6 heteroatoms. The third-order valence-corrected chi connectivity index (χ3v) is 5.57. The van der Waals surface area contributed by atoms with Crippen molar-refractivity contribution in [3.05, 3.63) is 82.7 Å². The summed E-state index contributed by atoms with van der Waals surface area (Å²) in [4.78, 5) is 30.9. The number of amides is 1. The molecule has 0 saturated heterocycles. The highest BCUT2D eigenvalue weighted by molar-refractivity contribution is 6.09. The molecule has 1 atom stereocenters. The van der Waals surface area contributed by atoms with Crippen LogP contribution in [-0.2, 0) is 9.59 Å². The summed E-state index contributed by atoms with van der Waals surface area (Å²) >= 11 is 0. The van der Waals surface area contributed by atoms with Gasteiger partial charge in [0.05, 0.1) is 11.6 Å². The Morgan fingerprint density at radius 3 is 2.57 bits per heavy atom. The zero-order valence-electron chi connectivity index (χ0n) is 17.3. The van der Waals surface area contributed by atoms with Gasteiger partial charge in [-0.1, -0.05) is 19.9 Å². The van der Waals surface area contributed by atoms with Gasteiger partial charge in [-0.05, 0) is 55.2 Å². The Morgan fingerprint density at radius 1 is 1.17 bits per heavy atom. The zero-order valence-corrected chi connectivity index (χ0v) is 17.3. The molecule has 4 rings (SSSR count). The number of hydrogen-bond acceptors (Lipinski definition) is 4. The van der Waals surface area contributed by atoms with Crippen molar-refractivity contribution in [2.45, 2.75) is 39.5 Å². The highest BCUT2D eigenvalue weighted by atomic mass is 19.1. The number of hydrogen-bond donors (Lipinski definition) is 2. The summed E-state index contributed by atoms with van der Waals surface area (Å²) in [5.41, 5.74) is 3.61. The second-order valence-electron chi connectivity index (χ2n) is 8.65.